The molecule has 0 aromatic carbocycles. The molecule has 1 unspecified atom stereocenters. The molecule has 0 amide bonds. The van der Waals surface area contributed by atoms with E-state index in [0.29, 0.717) is 65.4 Å². The summed E-state index contributed by atoms with van der Waals surface area (Å²) in [6.07, 6.45) is 0.415. The molecule has 1 aliphatic rings. The first-order valence-electron chi connectivity index (χ1n) is 11.8. The molecular formula is C22H42N4O8. The van der Waals surface area contributed by atoms with Crippen molar-refractivity contribution in [2.45, 2.75) is 19.4 Å². The minimum absolute atomic E-state index is 0.0533. The second kappa shape index (κ2) is 17.6. The number of methoxy groups -OCH3 is 2. The lowest BCUT2D eigenvalue weighted by Gasteiger charge is -2.36. The predicted octanol–water partition coefficient (Wildman–Crippen LogP) is -2.14. The Morgan fingerprint density at radius 3 is 1.50 bits per heavy atom. The molecule has 1 rings (SSSR count). The summed E-state index contributed by atoms with van der Waals surface area (Å²) in [6.45, 7) is 6.44. The standard InChI is InChI=1S/C22H42N4O8/c1-4-34-22(31)17-23-6-8-24(15-20(29)32-2)10-12-26(19(18-28)5-14-27)13-11-25(9-7-23)16-21(30)33-3/h19,27-28H,4-18H2,1-3H3. The molecule has 0 saturated carbocycles. The van der Waals surface area contributed by atoms with Crippen molar-refractivity contribution < 1.29 is 38.8 Å². The number of ether oxygens (including phenoxy) is 3. The number of hydrogen-bond acceptors (Lipinski definition) is 12. The summed E-state index contributed by atoms with van der Waals surface area (Å²) in [6, 6.07) is -0.242. The molecule has 12 heteroatoms. The van der Waals surface area contributed by atoms with Crippen molar-refractivity contribution in [3.05, 3.63) is 0 Å². The smallest absolute Gasteiger partial charge is 0.320 e. The molecule has 34 heavy (non-hydrogen) atoms. The molecule has 0 aliphatic carbocycles. The third-order valence-corrected chi connectivity index (χ3v) is 5.88. The second-order valence-corrected chi connectivity index (χ2v) is 8.17. The highest BCUT2D eigenvalue weighted by Gasteiger charge is 2.23. The third-order valence-electron chi connectivity index (χ3n) is 5.88. The van der Waals surface area contributed by atoms with Crippen LogP contribution in [0.5, 0.6) is 0 Å². The summed E-state index contributed by atoms with van der Waals surface area (Å²) in [5.74, 6) is -1.03. The van der Waals surface area contributed by atoms with E-state index in [1.165, 1.54) is 14.2 Å². The van der Waals surface area contributed by atoms with Gasteiger partial charge in [-0.15, -0.1) is 0 Å². The molecule has 1 atom stereocenters. The van der Waals surface area contributed by atoms with Crippen molar-refractivity contribution in [2.75, 3.05) is 106 Å². The van der Waals surface area contributed by atoms with E-state index in [-0.39, 0.29) is 56.8 Å². The predicted molar refractivity (Wildman–Crippen MR) is 124 cm³/mol. The number of carbonyl (C=O) groups excluding carboxylic acids is 3. The molecule has 1 saturated heterocycles. The van der Waals surface area contributed by atoms with Crippen molar-refractivity contribution in [1.29, 1.82) is 0 Å². The van der Waals surface area contributed by atoms with E-state index in [0.717, 1.165) is 0 Å². The van der Waals surface area contributed by atoms with Crippen LogP contribution in [0.15, 0.2) is 0 Å². The average Bonchev–Trinajstić information content (AvgIpc) is 2.82. The van der Waals surface area contributed by atoms with Crippen molar-refractivity contribution >= 4 is 17.9 Å². The number of carbonyl (C=O) groups is 3. The van der Waals surface area contributed by atoms with E-state index < -0.39 is 0 Å². The van der Waals surface area contributed by atoms with Crippen LogP contribution in [-0.2, 0) is 28.6 Å². The van der Waals surface area contributed by atoms with Crippen LogP contribution >= 0.6 is 0 Å². The SMILES string of the molecule is CCOC(=O)CN1CCN(CC(=O)OC)CCN(C(CO)CCO)CCN(CC(=O)OC)CC1. The van der Waals surface area contributed by atoms with Gasteiger partial charge in [0.25, 0.3) is 0 Å². The van der Waals surface area contributed by atoms with E-state index in [2.05, 4.69) is 4.90 Å². The van der Waals surface area contributed by atoms with Gasteiger partial charge in [0.1, 0.15) is 0 Å². The number of esters is 3. The Kier molecular flexibility index (Phi) is 15.6. The van der Waals surface area contributed by atoms with Crippen molar-refractivity contribution in [2.24, 2.45) is 0 Å². The van der Waals surface area contributed by atoms with Gasteiger partial charge in [-0.2, -0.15) is 0 Å². The summed E-state index contributed by atoms with van der Waals surface area (Å²) in [5, 5.41) is 19.3. The molecule has 0 radical (unpaired) electrons. The zero-order valence-electron chi connectivity index (χ0n) is 20.8. The Morgan fingerprint density at radius 1 is 0.735 bits per heavy atom. The van der Waals surface area contributed by atoms with Crippen molar-refractivity contribution in [3.8, 4) is 0 Å². The minimum Gasteiger partial charge on any atom is -0.468 e. The maximum atomic E-state index is 12.1. The Bertz CT molecular complexity index is 575. The Hall–Kier alpha value is -1.83. The molecule has 0 aromatic heterocycles. The van der Waals surface area contributed by atoms with Crippen LogP contribution in [0.4, 0.5) is 0 Å². The first-order chi connectivity index (χ1) is 16.4. The molecule has 0 spiro atoms. The minimum atomic E-state index is -0.353. The van der Waals surface area contributed by atoms with Gasteiger partial charge in [0.15, 0.2) is 0 Å². The highest BCUT2D eigenvalue weighted by molar-refractivity contribution is 5.72. The molecule has 1 heterocycles. The topological polar surface area (TPSA) is 132 Å². The lowest BCUT2D eigenvalue weighted by molar-refractivity contribution is -0.146. The van der Waals surface area contributed by atoms with Crippen molar-refractivity contribution in [1.82, 2.24) is 19.6 Å². The Morgan fingerprint density at radius 2 is 1.15 bits per heavy atom. The van der Waals surface area contributed by atoms with E-state index in [1.807, 2.05) is 14.7 Å². The molecule has 1 fully saturated rings. The summed E-state index contributed by atoms with van der Waals surface area (Å²) >= 11 is 0. The van der Waals surface area contributed by atoms with Crippen LogP contribution in [0, 0.1) is 0 Å². The van der Waals surface area contributed by atoms with Crippen LogP contribution in [0.2, 0.25) is 0 Å². The highest BCUT2D eigenvalue weighted by Crippen LogP contribution is 2.08. The van der Waals surface area contributed by atoms with Crippen LogP contribution < -0.4 is 0 Å². The van der Waals surface area contributed by atoms with Gasteiger partial charge >= 0.3 is 17.9 Å². The number of aliphatic hydroxyl groups is 2. The molecular weight excluding hydrogens is 448 g/mol. The lowest BCUT2D eigenvalue weighted by Crippen LogP contribution is -2.51. The average molecular weight is 491 g/mol. The molecule has 1 aliphatic heterocycles. The fraction of sp³-hybridized carbons (Fsp3) is 0.864. The quantitative estimate of drug-likeness (QED) is 0.242. The summed E-state index contributed by atoms with van der Waals surface area (Å²) in [7, 11) is 2.69. The van der Waals surface area contributed by atoms with Crippen LogP contribution in [0.25, 0.3) is 0 Å². The first kappa shape index (κ1) is 30.2. The Labute approximate surface area is 202 Å². The highest BCUT2D eigenvalue weighted by atomic mass is 16.5. The zero-order valence-corrected chi connectivity index (χ0v) is 20.8. The van der Waals surface area contributed by atoms with Crippen LogP contribution in [-0.4, -0.2) is 160 Å². The summed E-state index contributed by atoms with van der Waals surface area (Å²) in [5.41, 5.74) is 0. The van der Waals surface area contributed by atoms with E-state index in [9.17, 15) is 24.6 Å². The monoisotopic (exact) mass is 490 g/mol. The van der Waals surface area contributed by atoms with Crippen LogP contribution in [0.1, 0.15) is 13.3 Å². The molecule has 198 valence electrons. The zero-order chi connectivity index (χ0) is 25.3. The Balaban J connectivity index is 3.06. The number of rotatable bonds is 11. The van der Waals surface area contributed by atoms with E-state index in [1.54, 1.807) is 6.92 Å². The summed E-state index contributed by atoms with van der Waals surface area (Å²) < 4.78 is 14.8. The van der Waals surface area contributed by atoms with Gasteiger partial charge in [0, 0.05) is 65.0 Å². The van der Waals surface area contributed by atoms with Gasteiger partial charge in [-0.1, -0.05) is 0 Å². The van der Waals surface area contributed by atoms with Gasteiger partial charge in [-0.05, 0) is 13.3 Å². The maximum Gasteiger partial charge on any atom is 0.320 e. The van der Waals surface area contributed by atoms with Gasteiger partial charge in [-0.25, -0.2) is 0 Å². The maximum absolute atomic E-state index is 12.1. The molecule has 12 nitrogen and oxygen atoms in total. The largest absolute Gasteiger partial charge is 0.468 e. The first-order valence-corrected chi connectivity index (χ1v) is 11.8. The van der Waals surface area contributed by atoms with E-state index >= 15 is 0 Å². The molecule has 0 bridgehead atoms. The van der Waals surface area contributed by atoms with Gasteiger partial charge in [0.05, 0.1) is 47.1 Å². The summed E-state index contributed by atoms with van der Waals surface area (Å²) in [4.78, 5) is 44.0. The van der Waals surface area contributed by atoms with Gasteiger partial charge in [0.2, 0.25) is 0 Å². The molecule has 0 aromatic rings. The normalized spacial score (nSPS) is 19.0. The van der Waals surface area contributed by atoms with E-state index in [4.69, 9.17) is 14.2 Å². The number of aliphatic hydroxyl groups excluding tert-OH is 2. The van der Waals surface area contributed by atoms with Crippen molar-refractivity contribution in [3.63, 3.8) is 0 Å². The van der Waals surface area contributed by atoms with Crippen LogP contribution in [0.3, 0.4) is 0 Å². The third kappa shape index (κ3) is 12.0. The van der Waals surface area contributed by atoms with Gasteiger partial charge in [-0.3, -0.25) is 34.0 Å². The van der Waals surface area contributed by atoms with Gasteiger partial charge < -0.3 is 24.4 Å². The lowest BCUT2D eigenvalue weighted by atomic mass is 10.2. The molecule has 2 N–H and O–H groups in total. The fourth-order valence-corrected chi connectivity index (χ4v) is 3.81. The second-order valence-electron chi connectivity index (χ2n) is 8.17. The fourth-order valence-electron chi connectivity index (χ4n) is 3.81. The number of nitrogens with zero attached hydrogens (tertiary/aromatic N) is 4. The number of hydrogen-bond donors (Lipinski definition) is 2.